The van der Waals surface area contributed by atoms with Gasteiger partial charge >= 0.3 is 5.97 Å². The highest BCUT2D eigenvalue weighted by molar-refractivity contribution is 7.98. The Morgan fingerprint density at radius 3 is 2.28 bits per heavy atom. The maximum atomic E-state index is 11.5. The van der Waals surface area contributed by atoms with E-state index in [-0.39, 0.29) is 11.5 Å². The SMILES string of the molecule is CC(=O)c1ccc(SCc2ccc(Cc3cccc(C(=O)O)c3)cc2)c(C)c1O. The molecular formula is C24H22O4S. The Morgan fingerprint density at radius 1 is 0.931 bits per heavy atom. The van der Waals surface area contributed by atoms with Crippen LogP contribution in [-0.2, 0) is 12.2 Å². The van der Waals surface area contributed by atoms with Crippen LogP contribution in [0.1, 0.15) is 49.9 Å². The number of carboxylic acid groups (broad SMARTS) is 1. The first-order chi connectivity index (χ1) is 13.8. The van der Waals surface area contributed by atoms with Crippen molar-refractivity contribution in [2.45, 2.75) is 30.9 Å². The highest BCUT2D eigenvalue weighted by Gasteiger charge is 2.12. The van der Waals surface area contributed by atoms with Crippen molar-refractivity contribution < 1.29 is 19.8 Å². The number of hydrogen-bond donors (Lipinski definition) is 2. The molecule has 0 atom stereocenters. The van der Waals surface area contributed by atoms with E-state index in [1.165, 1.54) is 6.92 Å². The number of ketones is 1. The van der Waals surface area contributed by atoms with Crippen LogP contribution in [0.25, 0.3) is 0 Å². The Hall–Kier alpha value is -3.05. The Kier molecular flexibility index (Phi) is 6.39. The molecule has 4 nitrogen and oxygen atoms in total. The number of hydrogen-bond acceptors (Lipinski definition) is 4. The zero-order chi connectivity index (χ0) is 21.0. The molecule has 0 aliphatic heterocycles. The van der Waals surface area contributed by atoms with E-state index in [9.17, 15) is 14.7 Å². The zero-order valence-corrected chi connectivity index (χ0v) is 17.1. The number of phenolic OH excluding ortho intramolecular Hbond substituents is 1. The van der Waals surface area contributed by atoms with Crippen LogP contribution in [0.15, 0.2) is 65.6 Å². The van der Waals surface area contributed by atoms with Gasteiger partial charge in [0.2, 0.25) is 0 Å². The molecule has 0 aliphatic carbocycles. The normalized spacial score (nSPS) is 10.7. The summed E-state index contributed by atoms with van der Waals surface area (Å²) >= 11 is 1.61. The summed E-state index contributed by atoms with van der Waals surface area (Å²) in [5.74, 6) is -0.265. The van der Waals surface area contributed by atoms with Gasteiger partial charge in [-0.3, -0.25) is 4.79 Å². The second-order valence-electron chi connectivity index (χ2n) is 6.93. The minimum atomic E-state index is -0.920. The summed E-state index contributed by atoms with van der Waals surface area (Å²) in [5, 5.41) is 19.3. The molecule has 0 aromatic heterocycles. The number of Topliss-reactive ketones (excluding diaryl/α,β-unsaturated/α-hetero) is 1. The van der Waals surface area contributed by atoms with E-state index >= 15 is 0 Å². The maximum Gasteiger partial charge on any atom is 0.335 e. The molecule has 0 saturated heterocycles. The fraction of sp³-hybridized carbons (Fsp3) is 0.167. The first-order valence-electron chi connectivity index (χ1n) is 9.21. The maximum absolute atomic E-state index is 11.5. The summed E-state index contributed by atoms with van der Waals surface area (Å²) < 4.78 is 0. The molecule has 5 heteroatoms. The van der Waals surface area contributed by atoms with Crippen LogP contribution >= 0.6 is 11.8 Å². The van der Waals surface area contributed by atoms with Gasteiger partial charge in [0.1, 0.15) is 5.75 Å². The second kappa shape index (κ2) is 8.97. The van der Waals surface area contributed by atoms with Gasteiger partial charge in [-0.25, -0.2) is 4.79 Å². The quantitative estimate of drug-likeness (QED) is 0.401. The number of carbonyl (C=O) groups excluding carboxylic acids is 1. The predicted molar refractivity (Wildman–Crippen MR) is 115 cm³/mol. The molecule has 3 aromatic rings. The fourth-order valence-corrected chi connectivity index (χ4v) is 4.08. The van der Waals surface area contributed by atoms with Crippen molar-refractivity contribution in [1.29, 1.82) is 0 Å². The van der Waals surface area contributed by atoms with Crippen molar-refractivity contribution in [2.75, 3.05) is 0 Å². The van der Waals surface area contributed by atoms with Gasteiger partial charge in [0.05, 0.1) is 11.1 Å². The summed E-state index contributed by atoms with van der Waals surface area (Å²) in [6.45, 7) is 3.26. The highest BCUT2D eigenvalue weighted by atomic mass is 32.2. The average Bonchev–Trinajstić information content (AvgIpc) is 2.70. The van der Waals surface area contributed by atoms with E-state index in [1.54, 1.807) is 36.0 Å². The first kappa shape index (κ1) is 20.7. The van der Waals surface area contributed by atoms with Gasteiger partial charge in [-0.2, -0.15) is 0 Å². The summed E-state index contributed by atoms with van der Waals surface area (Å²) in [6.07, 6.45) is 0.675. The Bertz CT molecular complexity index is 1050. The molecule has 29 heavy (non-hydrogen) atoms. The molecule has 0 unspecified atom stereocenters. The average molecular weight is 407 g/mol. The monoisotopic (exact) mass is 406 g/mol. The Morgan fingerprint density at radius 2 is 1.62 bits per heavy atom. The molecule has 148 valence electrons. The summed E-state index contributed by atoms with van der Waals surface area (Å²) in [7, 11) is 0. The van der Waals surface area contributed by atoms with Crippen molar-refractivity contribution in [3.8, 4) is 5.75 Å². The molecule has 0 aliphatic rings. The third-order valence-corrected chi connectivity index (χ3v) is 5.99. The molecule has 0 heterocycles. The van der Waals surface area contributed by atoms with Crippen molar-refractivity contribution >= 4 is 23.5 Å². The van der Waals surface area contributed by atoms with Gasteiger partial charge in [0, 0.05) is 16.2 Å². The van der Waals surface area contributed by atoms with Crippen LogP contribution in [0.3, 0.4) is 0 Å². The smallest absolute Gasteiger partial charge is 0.335 e. The largest absolute Gasteiger partial charge is 0.507 e. The topological polar surface area (TPSA) is 74.6 Å². The van der Waals surface area contributed by atoms with Crippen LogP contribution in [0.2, 0.25) is 0 Å². The van der Waals surface area contributed by atoms with Gasteiger partial charge in [-0.15, -0.1) is 11.8 Å². The lowest BCUT2D eigenvalue weighted by atomic mass is 10.0. The number of phenols is 1. The minimum absolute atomic E-state index is 0.0569. The van der Waals surface area contributed by atoms with Crippen LogP contribution in [-0.4, -0.2) is 22.0 Å². The van der Waals surface area contributed by atoms with Gasteiger partial charge in [-0.1, -0.05) is 36.4 Å². The number of rotatable bonds is 7. The zero-order valence-electron chi connectivity index (χ0n) is 16.3. The molecule has 0 spiro atoms. The molecule has 3 aromatic carbocycles. The third kappa shape index (κ3) is 5.06. The number of thioether (sulfide) groups is 1. The van der Waals surface area contributed by atoms with Crippen molar-refractivity contribution in [2.24, 2.45) is 0 Å². The van der Waals surface area contributed by atoms with Gasteiger partial charge in [0.25, 0.3) is 0 Å². The molecular weight excluding hydrogens is 384 g/mol. The van der Waals surface area contributed by atoms with Gasteiger partial charge < -0.3 is 10.2 Å². The fourth-order valence-electron chi connectivity index (χ4n) is 3.09. The highest BCUT2D eigenvalue weighted by Crippen LogP contribution is 2.33. The van der Waals surface area contributed by atoms with Crippen molar-refractivity contribution in [3.63, 3.8) is 0 Å². The van der Waals surface area contributed by atoms with Gasteiger partial charge in [-0.05, 0) is 61.2 Å². The van der Waals surface area contributed by atoms with Crippen LogP contribution in [0, 0.1) is 6.92 Å². The van der Waals surface area contributed by atoms with E-state index in [0.29, 0.717) is 17.5 Å². The molecule has 3 rings (SSSR count). The van der Waals surface area contributed by atoms with Gasteiger partial charge in [0.15, 0.2) is 5.78 Å². The molecule has 0 amide bonds. The molecule has 0 bridgehead atoms. The van der Waals surface area contributed by atoms with E-state index in [4.69, 9.17) is 5.11 Å². The van der Waals surface area contributed by atoms with Crippen LogP contribution in [0.5, 0.6) is 5.75 Å². The first-order valence-corrected chi connectivity index (χ1v) is 10.2. The van der Waals surface area contributed by atoms with Crippen molar-refractivity contribution in [1.82, 2.24) is 0 Å². The molecule has 0 fully saturated rings. The number of carboxylic acids is 1. The van der Waals surface area contributed by atoms with Crippen LogP contribution < -0.4 is 0 Å². The van der Waals surface area contributed by atoms with E-state index < -0.39 is 5.97 Å². The second-order valence-corrected chi connectivity index (χ2v) is 7.95. The van der Waals surface area contributed by atoms with Crippen LogP contribution in [0.4, 0.5) is 0 Å². The Labute approximate surface area is 174 Å². The molecule has 0 saturated carbocycles. The number of carbonyl (C=O) groups is 2. The van der Waals surface area contributed by atoms with Crippen molar-refractivity contribution in [3.05, 3.63) is 94.0 Å². The molecule has 0 radical (unpaired) electrons. The predicted octanol–water partition coefficient (Wildman–Crippen LogP) is 5.48. The lowest BCUT2D eigenvalue weighted by molar-refractivity contribution is 0.0696. The number of aromatic carboxylic acids is 1. The summed E-state index contributed by atoms with van der Waals surface area (Å²) in [5.41, 5.74) is 4.59. The number of benzene rings is 3. The third-order valence-electron chi connectivity index (χ3n) is 4.76. The Balaban J connectivity index is 1.66. The summed E-state index contributed by atoms with van der Waals surface area (Å²) in [4.78, 5) is 23.6. The van der Waals surface area contributed by atoms with E-state index in [0.717, 1.165) is 32.9 Å². The lowest BCUT2D eigenvalue weighted by Gasteiger charge is -2.10. The number of aromatic hydroxyl groups is 1. The lowest BCUT2D eigenvalue weighted by Crippen LogP contribution is -1.98. The van der Waals surface area contributed by atoms with E-state index in [2.05, 4.69) is 12.1 Å². The minimum Gasteiger partial charge on any atom is -0.507 e. The summed E-state index contributed by atoms with van der Waals surface area (Å²) in [6, 6.07) is 18.7. The van der Waals surface area contributed by atoms with E-state index in [1.807, 2.05) is 31.2 Å². The molecule has 2 N–H and O–H groups in total. The standard InChI is InChI=1S/C24H22O4S/c1-15-22(11-10-21(16(2)25)23(15)26)29-14-18-8-6-17(7-9-18)12-19-4-3-5-20(13-19)24(27)28/h3-11,13,26H,12,14H2,1-2H3,(H,27,28).